The first-order valence-electron chi connectivity index (χ1n) is 11.9. The van der Waals surface area contributed by atoms with E-state index in [1.165, 1.54) is 10.5 Å². The van der Waals surface area contributed by atoms with Crippen LogP contribution in [0, 0.1) is 13.8 Å². The van der Waals surface area contributed by atoms with Gasteiger partial charge in [0.05, 0.1) is 13.0 Å². The molecular weight excluding hydrogens is 434 g/mol. The molecule has 9 nitrogen and oxygen atoms in total. The molecule has 4 rings (SSSR count). The molecule has 0 bridgehead atoms. The lowest BCUT2D eigenvalue weighted by Crippen LogP contribution is -2.63. The number of likely N-dealkylation sites (N-methyl/N-ethyl adjacent to an activating group) is 1. The molecule has 1 aromatic carbocycles. The van der Waals surface area contributed by atoms with Crippen molar-refractivity contribution in [2.24, 2.45) is 4.99 Å². The maximum Gasteiger partial charge on any atom is 0.407 e. The van der Waals surface area contributed by atoms with E-state index < -0.39 is 18.0 Å². The average Bonchev–Trinajstić information content (AvgIpc) is 3.32. The number of fused-ring (bicyclic) bond motifs is 3. The molecule has 9 heteroatoms. The summed E-state index contributed by atoms with van der Waals surface area (Å²) < 4.78 is 8.87. The van der Waals surface area contributed by atoms with Crippen LogP contribution in [0.3, 0.4) is 0 Å². The number of hydrogen-bond donors (Lipinski definition) is 0. The molecule has 0 spiro atoms. The van der Waals surface area contributed by atoms with Crippen molar-refractivity contribution in [1.29, 1.82) is 0 Å². The SMILES string of the molecule is CCCCc1ccc(-n2c(C)c(C)[n+]3c2N=C2C3C(=O)N(CCC(=O)OCC)C(=O)N2C)cc1. The van der Waals surface area contributed by atoms with Crippen molar-refractivity contribution in [3.8, 4) is 5.69 Å². The quantitative estimate of drug-likeness (QED) is 0.442. The molecule has 0 saturated carbocycles. The summed E-state index contributed by atoms with van der Waals surface area (Å²) >= 11 is 0. The Kier molecular flexibility index (Phi) is 6.54. The highest BCUT2D eigenvalue weighted by atomic mass is 16.5. The first-order valence-corrected chi connectivity index (χ1v) is 11.9. The second-order valence-corrected chi connectivity index (χ2v) is 8.71. The summed E-state index contributed by atoms with van der Waals surface area (Å²) in [5.74, 6) is 0.181. The van der Waals surface area contributed by atoms with E-state index in [1.807, 2.05) is 23.0 Å². The predicted molar refractivity (Wildman–Crippen MR) is 126 cm³/mol. The molecular formula is C25H32N5O4+. The zero-order valence-corrected chi connectivity index (χ0v) is 20.5. The van der Waals surface area contributed by atoms with Crippen LogP contribution in [0.2, 0.25) is 0 Å². The highest BCUT2D eigenvalue weighted by Gasteiger charge is 2.54. The van der Waals surface area contributed by atoms with Crippen molar-refractivity contribution in [3.63, 3.8) is 0 Å². The van der Waals surface area contributed by atoms with Gasteiger partial charge in [0.15, 0.2) is 0 Å². The number of carbonyl (C=O) groups excluding carboxylic acids is 3. The summed E-state index contributed by atoms with van der Waals surface area (Å²) in [5.41, 5.74) is 4.12. The van der Waals surface area contributed by atoms with E-state index in [2.05, 4.69) is 31.2 Å². The molecule has 2 aliphatic rings. The Labute approximate surface area is 199 Å². The largest absolute Gasteiger partial charge is 0.466 e. The molecule has 1 fully saturated rings. The molecule has 2 aliphatic heterocycles. The Hall–Kier alpha value is -3.49. The highest BCUT2D eigenvalue weighted by Crippen LogP contribution is 2.33. The van der Waals surface area contributed by atoms with E-state index in [4.69, 9.17) is 9.73 Å². The van der Waals surface area contributed by atoms with Crippen LogP contribution in [-0.4, -0.2) is 58.3 Å². The Bertz CT molecular complexity index is 1160. The molecule has 180 valence electrons. The fourth-order valence-corrected chi connectivity index (χ4v) is 4.58. The topological polar surface area (TPSA) is 88.1 Å². The van der Waals surface area contributed by atoms with Crippen molar-refractivity contribution < 1.29 is 23.7 Å². The number of imide groups is 1. The van der Waals surface area contributed by atoms with Gasteiger partial charge in [0, 0.05) is 13.6 Å². The number of rotatable bonds is 8. The molecule has 3 amide bonds. The zero-order valence-electron chi connectivity index (χ0n) is 20.5. The fourth-order valence-electron chi connectivity index (χ4n) is 4.58. The minimum absolute atomic E-state index is 0.0293. The minimum atomic E-state index is -0.747. The van der Waals surface area contributed by atoms with Gasteiger partial charge < -0.3 is 4.74 Å². The number of ether oxygens (including phenoxy) is 1. The summed E-state index contributed by atoms with van der Waals surface area (Å²) in [5, 5.41) is 0. The third kappa shape index (κ3) is 3.89. The van der Waals surface area contributed by atoms with Crippen LogP contribution >= 0.6 is 0 Å². The van der Waals surface area contributed by atoms with E-state index in [1.54, 1.807) is 14.0 Å². The number of aryl methyl sites for hydroxylation is 1. The molecule has 1 aromatic heterocycles. The van der Waals surface area contributed by atoms with E-state index in [-0.39, 0.29) is 25.5 Å². The van der Waals surface area contributed by atoms with Gasteiger partial charge in [0.1, 0.15) is 17.1 Å². The summed E-state index contributed by atoms with van der Waals surface area (Å²) in [4.78, 5) is 45.5. The number of hydrogen-bond acceptors (Lipinski definition) is 5. The van der Waals surface area contributed by atoms with Gasteiger partial charge in [-0.1, -0.05) is 30.5 Å². The molecule has 0 radical (unpaired) electrons. The van der Waals surface area contributed by atoms with Gasteiger partial charge in [-0.25, -0.2) is 9.36 Å². The lowest BCUT2D eigenvalue weighted by Gasteiger charge is -2.33. The van der Waals surface area contributed by atoms with Gasteiger partial charge in [0.2, 0.25) is 11.9 Å². The Morgan fingerprint density at radius 2 is 1.85 bits per heavy atom. The summed E-state index contributed by atoms with van der Waals surface area (Å²) in [6.45, 7) is 8.08. The molecule has 3 heterocycles. The molecule has 1 saturated heterocycles. The number of aromatic nitrogens is 2. The lowest BCUT2D eigenvalue weighted by molar-refractivity contribution is -0.682. The van der Waals surface area contributed by atoms with Gasteiger partial charge in [0.25, 0.3) is 5.91 Å². The van der Waals surface area contributed by atoms with Crippen LogP contribution in [0.25, 0.3) is 5.69 Å². The summed E-state index contributed by atoms with van der Waals surface area (Å²) in [7, 11) is 1.61. The summed E-state index contributed by atoms with van der Waals surface area (Å²) in [6.07, 6.45) is 3.30. The number of carbonyl (C=O) groups is 3. The van der Waals surface area contributed by atoms with Crippen LogP contribution in [0.15, 0.2) is 29.3 Å². The third-order valence-corrected chi connectivity index (χ3v) is 6.57. The van der Waals surface area contributed by atoms with Gasteiger partial charge >= 0.3 is 17.9 Å². The first kappa shape index (κ1) is 23.7. The van der Waals surface area contributed by atoms with Gasteiger partial charge in [-0.05, 0) is 51.3 Å². The van der Waals surface area contributed by atoms with E-state index >= 15 is 0 Å². The van der Waals surface area contributed by atoms with Gasteiger partial charge in [-0.3, -0.25) is 19.4 Å². The molecule has 2 aromatic rings. The first-order chi connectivity index (χ1) is 16.3. The van der Waals surface area contributed by atoms with Crippen molar-refractivity contribution in [3.05, 3.63) is 41.2 Å². The van der Waals surface area contributed by atoms with E-state index in [0.29, 0.717) is 11.8 Å². The molecule has 0 aliphatic carbocycles. The predicted octanol–water partition coefficient (Wildman–Crippen LogP) is 3.16. The number of benzene rings is 1. The number of amides is 3. The van der Waals surface area contributed by atoms with Crippen molar-refractivity contribution >= 4 is 29.7 Å². The summed E-state index contributed by atoms with van der Waals surface area (Å²) in [6, 6.07) is 7.17. The van der Waals surface area contributed by atoms with E-state index in [9.17, 15) is 14.4 Å². The van der Waals surface area contributed by atoms with Crippen LogP contribution in [-0.2, 0) is 20.7 Å². The number of urea groups is 1. The maximum atomic E-state index is 13.5. The lowest BCUT2D eigenvalue weighted by atomic mass is 10.1. The smallest absolute Gasteiger partial charge is 0.407 e. The van der Waals surface area contributed by atoms with Crippen LogP contribution < -0.4 is 4.57 Å². The average molecular weight is 467 g/mol. The molecule has 1 unspecified atom stereocenters. The van der Waals surface area contributed by atoms with Crippen molar-refractivity contribution in [1.82, 2.24) is 14.4 Å². The Morgan fingerprint density at radius 3 is 2.50 bits per heavy atom. The number of nitrogens with zero attached hydrogens (tertiary/aromatic N) is 5. The molecule has 34 heavy (non-hydrogen) atoms. The van der Waals surface area contributed by atoms with Gasteiger partial charge in [-0.2, -0.15) is 4.57 Å². The number of unbranched alkanes of at least 4 members (excludes halogenated alkanes) is 1. The Balaban J connectivity index is 1.69. The third-order valence-electron chi connectivity index (χ3n) is 6.57. The van der Waals surface area contributed by atoms with Gasteiger partial charge in [-0.15, -0.1) is 0 Å². The molecule has 0 N–H and O–H groups in total. The highest BCUT2D eigenvalue weighted by molar-refractivity contribution is 6.19. The normalized spacial score (nSPS) is 17.1. The number of imidazole rings is 1. The second-order valence-electron chi connectivity index (χ2n) is 8.71. The number of aliphatic imine (C=N–C) groups is 1. The maximum absolute atomic E-state index is 13.5. The zero-order chi connectivity index (χ0) is 24.6. The van der Waals surface area contributed by atoms with Crippen molar-refractivity contribution in [2.75, 3.05) is 20.2 Å². The minimum Gasteiger partial charge on any atom is -0.466 e. The standard InChI is InChI=1S/C25H32N5O4/c1-6-8-9-18-10-12-19(13-11-18)29-16(3)17(4)30-21-22(26-24(29)30)27(5)25(33)28(23(21)32)15-14-20(31)34-7-2/h10-13,21H,6-9,14-15H2,1-5H3/q+1. The number of esters is 1. The molecule has 1 atom stereocenters. The van der Waals surface area contributed by atoms with Crippen LogP contribution in [0.5, 0.6) is 0 Å². The fraction of sp³-hybridized carbons (Fsp3) is 0.480. The second kappa shape index (κ2) is 9.40. The van der Waals surface area contributed by atoms with E-state index in [0.717, 1.165) is 41.2 Å². The van der Waals surface area contributed by atoms with Crippen LogP contribution in [0.4, 0.5) is 10.7 Å². The Morgan fingerprint density at radius 1 is 1.15 bits per heavy atom. The number of amidine groups is 1. The van der Waals surface area contributed by atoms with Crippen molar-refractivity contribution in [2.45, 2.75) is 59.4 Å². The van der Waals surface area contributed by atoms with Crippen LogP contribution in [0.1, 0.15) is 56.1 Å². The monoisotopic (exact) mass is 466 g/mol.